The Kier molecular flexibility index (Phi) is 4.53. The Hall–Kier alpha value is -2.56. The van der Waals surface area contributed by atoms with E-state index in [0.717, 1.165) is 12.8 Å². The predicted octanol–water partition coefficient (Wildman–Crippen LogP) is 6.23. The van der Waals surface area contributed by atoms with Gasteiger partial charge in [0.1, 0.15) is 0 Å². The van der Waals surface area contributed by atoms with Crippen LogP contribution in [0.3, 0.4) is 0 Å². The molecule has 0 amide bonds. The number of hydrogen-bond acceptors (Lipinski definition) is 0. The van der Waals surface area contributed by atoms with Crippen molar-refractivity contribution in [3.05, 3.63) is 95.7 Å². The molecule has 0 radical (unpaired) electrons. The van der Waals surface area contributed by atoms with Crippen LogP contribution in [0, 0.1) is 0 Å². The number of hydrogen-bond donors (Lipinski definition) is 0. The summed E-state index contributed by atoms with van der Waals surface area (Å²) in [5.41, 5.74) is 7.17. The molecule has 0 atom stereocenters. The number of benzene rings is 3. The molecular weight excluding hydrogens is 264 g/mol. The fraction of sp³-hybridized carbons (Fsp3) is 0.136. The van der Waals surface area contributed by atoms with E-state index in [1.807, 2.05) is 0 Å². The second kappa shape index (κ2) is 6.93. The second-order valence-corrected chi connectivity index (χ2v) is 5.40. The Balaban J connectivity index is 2.23. The molecular formula is C22H20. The molecule has 0 nitrogen and oxygen atoms in total. The van der Waals surface area contributed by atoms with Gasteiger partial charge in [-0.25, -0.2) is 0 Å². The van der Waals surface area contributed by atoms with Gasteiger partial charge in [-0.2, -0.15) is 0 Å². The Morgan fingerprint density at radius 2 is 1.59 bits per heavy atom. The minimum atomic E-state index is 1.06. The van der Waals surface area contributed by atoms with Crippen molar-refractivity contribution in [3.63, 3.8) is 0 Å². The Morgan fingerprint density at radius 1 is 0.864 bits per heavy atom. The van der Waals surface area contributed by atoms with Crippen LogP contribution < -0.4 is 0 Å². The predicted molar refractivity (Wildman–Crippen MR) is 95.9 cm³/mol. The van der Waals surface area contributed by atoms with Crippen molar-refractivity contribution in [1.82, 2.24) is 0 Å². The van der Waals surface area contributed by atoms with Crippen LogP contribution in [-0.2, 0) is 0 Å². The van der Waals surface area contributed by atoms with E-state index in [2.05, 4.69) is 91.5 Å². The van der Waals surface area contributed by atoms with Gasteiger partial charge < -0.3 is 0 Å². The fourth-order valence-corrected chi connectivity index (χ4v) is 2.68. The summed E-state index contributed by atoms with van der Waals surface area (Å²) in [6.45, 7) is 2.19. The van der Waals surface area contributed by atoms with Crippen molar-refractivity contribution in [2.45, 2.75) is 19.8 Å². The monoisotopic (exact) mass is 284 g/mol. The van der Waals surface area contributed by atoms with Crippen LogP contribution in [0.5, 0.6) is 0 Å². The van der Waals surface area contributed by atoms with Gasteiger partial charge in [-0.3, -0.25) is 0 Å². The molecule has 22 heavy (non-hydrogen) atoms. The number of allylic oxidation sites excluding steroid dienone is 1. The SMILES string of the molecule is CCCC=C=C(c1ccccc1)c1cccc2ccccc12. The van der Waals surface area contributed by atoms with Crippen LogP contribution in [0.2, 0.25) is 0 Å². The molecule has 0 spiro atoms. The second-order valence-electron chi connectivity index (χ2n) is 5.40. The maximum Gasteiger partial charge on any atom is 0.0312 e. The van der Waals surface area contributed by atoms with Gasteiger partial charge in [0.15, 0.2) is 0 Å². The van der Waals surface area contributed by atoms with Gasteiger partial charge in [0, 0.05) is 5.57 Å². The first-order valence-electron chi connectivity index (χ1n) is 7.89. The lowest BCUT2D eigenvalue weighted by atomic mass is 9.94. The topological polar surface area (TPSA) is 0 Å². The molecule has 0 bridgehead atoms. The molecule has 0 heteroatoms. The van der Waals surface area contributed by atoms with Gasteiger partial charge in [0.25, 0.3) is 0 Å². The zero-order valence-electron chi connectivity index (χ0n) is 12.9. The normalized spacial score (nSPS) is 10.2. The standard InChI is InChI=1S/C22H20/c1-2-3-5-15-20(18-11-6-4-7-12-18)22-17-10-14-19-13-8-9-16-21(19)22/h4-14,16-17H,2-3H2,1H3. The number of fused-ring (bicyclic) bond motifs is 1. The summed E-state index contributed by atoms with van der Waals surface area (Å²) in [6.07, 6.45) is 4.36. The highest BCUT2D eigenvalue weighted by Crippen LogP contribution is 2.29. The lowest BCUT2D eigenvalue weighted by Gasteiger charge is -2.09. The van der Waals surface area contributed by atoms with Crippen molar-refractivity contribution >= 4 is 16.3 Å². The van der Waals surface area contributed by atoms with Crippen molar-refractivity contribution < 1.29 is 0 Å². The van der Waals surface area contributed by atoms with E-state index in [1.165, 1.54) is 27.5 Å². The van der Waals surface area contributed by atoms with E-state index in [0.29, 0.717) is 0 Å². The molecule has 3 aromatic carbocycles. The van der Waals surface area contributed by atoms with Crippen LogP contribution >= 0.6 is 0 Å². The average Bonchev–Trinajstić information content (AvgIpc) is 2.59. The molecule has 0 saturated carbocycles. The van der Waals surface area contributed by atoms with Crippen LogP contribution in [0.25, 0.3) is 16.3 Å². The maximum atomic E-state index is 3.54. The third-order valence-corrected chi connectivity index (χ3v) is 3.80. The Labute approximate surface area is 132 Å². The minimum absolute atomic E-state index is 1.06. The summed E-state index contributed by atoms with van der Waals surface area (Å²) in [6, 6.07) is 25.6. The number of unbranched alkanes of at least 4 members (excludes halogenated alkanes) is 1. The molecule has 108 valence electrons. The molecule has 3 aromatic rings. The average molecular weight is 284 g/mol. The van der Waals surface area contributed by atoms with Gasteiger partial charge in [-0.05, 0) is 34.4 Å². The summed E-state index contributed by atoms with van der Waals surface area (Å²) >= 11 is 0. The molecule has 0 heterocycles. The lowest BCUT2D eigenvalue weighted by Crippen LogP contribution is -1.88. The highest BCUT2D eigenvalue weighted by molar-refractivity contribution is 5.97. The smallest absolute Gasteiger partial charge is 0.0312 e. The van der Waals surface area contributed by atoms with Crippen LogP contribution in [-0.4, -0.2) is 0 Å². The van der Waals surface area contributed by atoms with E-state index in [1.54, 1.807) is 0 Å². The molecule has 0 fully saturated rings. The molecule has 0 aliphatic heterocycles. The van der Waals surface area contributed by atoms with E-state index >= 15 is 0 Å². The molecule has 0 aliphatic carbocycles. The van der Waals surface area contributed by atoms with Crippen molar-refractivity contribution in [1.29, 1.82) is 0 Å². The van der Waals surface area contributed by atoms with Crippen LogP contribution in [0.15, 0.2) is 84.6 Å². The third kappa shape index (κ3) is 3.03. The van der Waals surface area contributed by atoms with Gasteiger partial charge in [0.05, 0.1) is 0 Å². The van der Waals surface area contributed by atoms with Gasteiger partial charge in [0.2, 0.25) is 0 Å². The van der Waals surface area contributed by atoms with Crippen LogP contribution in [0.1, 0.15) is 30.9 Å². The van der Waals surface area contributed by atoms with Gasteiger partial charge in [-0.1, -0.05) is 86.1 Å². The summed E-state index contributed by atoms with van der Waals surface area (Å²) < 4.78 is 0. The third-order valence-electron chi connectivity index (χ3n) is 3.80. The van der Waals surface area contributed by atoms with Crippen molar-refractivity contribution in [3.8, 4) is 0 Å². The van der Waals surface area contributed by atoms with E-state index < -0.39 is 0 Å². The molecule has 0 saturated heterocycles. The lowest BCUT2D eigenvalue weighted by molar-refractivity contribution is 0.960. The maximum absolute atomic E-state index is 3.54. The fourth-order valence-electron chi connectivity index (χ4n) is 2.68. The van der Waals surface area contributed by atoms with E-state index in [-0.39, 0.29) is 0 Å². The molecule has 0 N–H and O–H groups in total. The van der Waals surface area contributed by atoms with E-state index in [4.69, 9.17) is 0 Å². The Bertz CT molecular complexity index is 814. The molecule has 0 unspecified atom stereocenters. The summed E-state index contributed by atoms with van der Waals surface area (Å²) in [4.78, 5) is 0. The Morgan fingerprint density at radius 3 is 2.41 bits per heavy atom. The molecule has 0 aliphatic rings. The zero-order valence-corrected chi connectivity index (χ0v) is 12.9. The van der Waals surface area contributed by atoms with Crippen LogP contribution in [0.4, 0.5) is 0 Å². The molecule has 3 rings (SSSR count). The first-order chi connectivity index (χ1) is 10.9. The largest absolute Gasteiger partial charge is 0.116 e. The van der Waals surface area contributed by atoms with Crippen molar-refractivity contribution in [2.75, 3.05) is 0 Å². The zero-order chi connectivity index (χ0) is 15.2. The van der Waals surface area contributed by atoms with Gasteiger partial charge >= 0.3 is 0 Å². The van der Waals surface area contributed by atoms with E-state index in [9.17, 15) is 0 Å². The first-order valence-corrected chi connectivity index (χ1v) is 7.89. The summed E-state index contributed by atoms with van der Waals surface area (Å²) in [5, 5.41) is 2.55. The minimum Gasteiger partial charge on any atom is -0.116 e. The highest BCUT2D eigenvalue weighted by atomic mass is 14.1. The summed E-state index contributed by atoms with van der Waals surface area (Å²) in [7, 11) is 0. The van der Waals surface area contributed by atoms with Gasteiger partial charge in [-0.15, -0.1) is 5.73 Å². The quantitative estimate of drug-likeness (QED) is 0.498. The molecule has 0 aromatic heterocycles. The number of rotatable bonds is 4. The summed E-state index contributed by atoms with van der Waals surface area (Å²) in [5.74, 6) is 0. The highest BCUT2D eigenvalue weighted by Gasteiger charge is 2.07. The first kappa shape index (κ1) is 14.4. The van der Waals surface area contributed by atoms with Crippen molar-refractivity contribution in [2.24, 2.45) is 0 Å².